The van der Waals surface area contributed by atoms with Crippen LogP contribution in [0.5, 0.6) is 11.8 Å². The second-order valence-electron chi connectivity index (χ2n) is 6.04. The largest absolute Gasteiger partial charge is 0.424 e. The summed E-state index contributed by atoms with van der Waals surface area (Å²) in [5.74, 6) is 0.192. The number of hydrogen-bond acceptors (Lipinski definition) is 5. The summed E-state index contributed by atoms with van der Waals surface area (Å²) in [5, 5.41) is 2.72. The summed E-state index contributed by atoms with van der Waals surface area (Å²) in [6, 6.07) is 16.6. The highest BCUT2D eigenvalue weighted by Gasteiger charge is 2.39. The Morgan fingerprint density at radius 2 is 1.74 bits per heavy atom. The molecule has 0 bridgehead atoms. The first-order valence-electron chi connectivity index (χ1n) is 8.39. The normalized spacial score (nSPS) is 16.3. The number of aromatic nitrogens is 2. The standard InChI is InChI=1S/C20H16N4O3/c1-13-11-12-21-19(22-13)27-16-9-7-15(8-10-16)24-18(25)17(23-20(24)26)14-5-3-2-4-6-14/h2-12,17H,1H3,(H,23,26). The van der Waals surface area contributed by atoms with E-state index in [1.54, 1.807) is 36.5 Å². The van der Waals surface area contributed by atoms with Crippen LogP contribution in [0.15, 0.2) is 66.9 Å². The van der Waals surface area contributed by atoms with Crippen LogP contribution in [-0.4, -0.2) is 21.9 Å². The van der Waals surface area contributed by atoms with Gasteiger partial charge in [0.15, 0.2) is 0 Å². The zero-order valence-electron chi connectivity index (χ0n) is 14.5. The summed E-state index contributed by atoms with van der Waals surface area (Å²) in [7, 11) is 0. The Balaban J connectivity index is 1.53. The summed E-state index contributed by atoms with van der Waals surface area (Å²) in [6.07, 6.45) is 1.61. The van der Waals surface area contributed by atoms with Gasteiger partial charge in [0.05, 0.1) is 5.69 Å². The summed E-state index contributed by atoms with van der Waals surface area (Å²) < 4.78 is 5.59. The van der Waals surface area contributed by atoms with E-state index in [-0.39, 0.29) is 11.9 Å². The molecule has 2 heterocycles. The van der Waals surface area contributed by atoms with E-state index in [4.69, 9.17) is 4.74 Å². The quantitative estimate of drug-likeness (QED) is 0.721. The van der Waals surface area contributed by atoms with Gasteiger partial charge >= 0.3 is 12.0 Å². The highest BCUT2D eigenvalue weighted by molar-refractivity contribution is 6.21. The topological polar surface area (TPSA) is 84.4 Å². The van der Waals surface area contributed by atoms with E-state index >= 15 is 0 Å². The van der Waals surface area contributed by atoms with Gasteiger partial charge in [-0.1, -0.05) is 30.3 Å². The molecule has 1 N–H and O–H groups in total. The van der Waals surface area contributed by atoms with Crippen molar-refractivity contribution in [3.8, 4) is 11.8 Å². The number of nitrogens with one attached hydrogen (secondary N) is 1. The summed E-state index contributed by atoms with van der Waals surface area (Å²) in [5.41, 5.74) is 2.01. The molecule has 7 nitrogen and oxygen atoms in total. The van der Waals surface area contributed by atoms with Crippen molar-refractivity contribution < 1.29 is 14.3 Å². The second-order valence-corrected chi connectivity index (χ2v) is 6.04. The molecule has 0 saturated carbocycles. The van der Waals surface area contributed by atoms with E-state index in [9.17, 15) is 9.59 Å². The Bertz CT molecular complexity index is 990. The van der Waals surface area contributed by atoms with Crippen molar-refractivity contribution in [2.24, 2.45) is 0 Å². The zero-order valence-corrected chi connectivity index (χ0v) is 14.5. The molecule has 1 saturated heterocycles. The van der Waals surface area contributed by atoms with Crippen LogP contribution in [0.2, 0.25) is 0 Å². The van der Waals surface area contributed by atoms with E-state index in [0.717, 1.165) is 16.2 Å². The fraction of sp³-hybridized carbons (Fsp3) is 0.100. The van der Waals surface area contributed by atoms with Crippen molar-refractivity contribution in [3.05, 3.63) is 78.1 Å². The Morgan fingerprint density at radius 1 is 1.00 bits per heavy atom. The number of rotatable bonds is 4. The van der Waals surface area contributed by atoms with Crippen LogP contribution in [0.25, 0.3) is 0 Å². The molecular weight excluding hydrogens is 344 g/mol. The monoisotopic (exact) mass is 360 g/mol. The van der Waals surface area contributed by atoms with Crippen molar-refractivity contribution in [2.45, 2.75) is 13.0 Å². The molecular formula is C20H16N4O3. The van der Waals surface area contributed by atoms with Gasteiger partial charge in [0, 0.05) is 11.9 Å². The van der Waals surface area contributed by atoms with Crippen molar-refractivity contribution in [3.63, 3.8) is 0 Å². The van der Waals surface area contributed by atoms with Crippen molar-refractivity contribution >= 4 is 17.6 Å². The highest BCUT2D eigenvalue weighted by atomic mass is 16.5. The van der Waals surface area contributed by atoms with Crippen molar-refractivity contribution in [1.29, 1.82) is 0 Å². The molecule has 1 aliphatic rings. The number of aryl methyl sites for hydroxylation is 1. The van der Waals surface area contributed by atoms with Gasteiger partial charge in [0.25, 0.3) is 5.91 Å². The minimum atomic E-state index is -0.685. The number of ether oxygens (including phenoxy) is 1. The SMILES string of the molecule is Cc1ccnc(Oc2ccc(N3C(=O)NC(c4ccccc4)C3=O)cc2)n1. The molecule has 7 heteroatoms. The highest BCUT2D eigenvalue weighted by Crippen LogP contribution is 2.29. The summed E-state index contributed by atoms with van der Waals surface area (Å²) in [4.78, 5) is 34.4. The maximum Gasteiger partial charge on any atom is 0.329 e. The lowest BCUT2D eigenvalue weighted by atomic mass is 10.1. The Kier molecular flexibility index (Phi) is 4.25. The van der Waals surface area contributed by atoms with Gasteiger partial charge in [-0.15, -0.1) is 0 Å². The fourth-order valence-corrected chi connectivity index (χ4v) is 2.84. The maximum atomic E-state index is 12.7. The minimum Gasteiger partial charge on any atom is -0.424 e. The number of nitrogens with zero attached hydrogens (tertiary/aromatic N) is 3. The van der Waals surface area contributed by atoms with Gasteiger partial charge in [-0.3, -0.25) is 4.79 Å². The number of benzene rings is 2. The van der Waals surface area contributed by atoms with E-state index in [0.29, 0.717) is 11.4 Å². The molecule has 1 aromatic heterocycles. The third-order valence-electron chi connectivity index (χ3n) is 4.15. The second kappa shape index (κ2) is 6.87. The number of imide groups is 1. The van der Waals surface area contributed by atoms with E-state index in [2.05, 4.69) is 15.3 Å². The molecule has 4 rings (SSSR count). The van der Waals surface area contributed by atoms with E-state index < -0.39 is 12.1 Å². The molecule has 3 amide bonds. The molecule has 1 aliphatic heterocycles. The van der Waals surface area contributed by atoms with Gasteiger partial charge in [-0.25, -0.2) is 19.7 Å². The van der Waals surface area contributed by atoms with Gasteiger partial charge in [0.2, 0.25) is 0 Å². The molecule has 1 atom stereocenters. The van der Waals surface area contributed by atoms with E-state index in [1.165, 1.54) is 0 Å². The van der Waals surface area contributed by atoms with Crippen LogP contribution >= 0.6 is 0 Å². The molecule has 0 radical (unpaired) electrons. The predicted molar refractivity (Wildman–Crippen MR) is 98.5 cm³/mol. The maximum absolute atomic E-state index is 12.7. The minimum absolute atomic E-state index is 0.238. The van der Waals surface area contributed by atoms with Crippen LogP contribution < -0.4 is 15.0 Å². The van der Waals surface area contributed by atoms with Gasteiger partial charge in [-0.05, 0) is 42.8 Å². The predicted octanol–water partition coefficient (Wildman–Crippen LogP) is 3.37. The Morgan fingerprint density at radius 3 is 2.44 bits per heavy atom. The van der Waals surface area contributed by atoms with Crippen molar-refractivity contribution in [1.82, 2.24) is 15.3 Å². The van der Waals surface area contributed by atoms with Gasteiger partial charge < -0.3 is 10.1 Å². The smallest absolute Gasteiger partial charge is 0.329 e. The lowest BCUT2D eigenvalue weighted by molar-refractivity contribution is -0.118. The summed E-state index contributed by atoms with van der Waals surface area (Å²) in [6.45, 7) is 1.85. The third-order valence-corrected chi connectivity index (χ3v) is 4.15. The zero-order chi connectivity index (χ0) is 18.8. The van der Waals surface area contributed by atoms with Crippen LogP contribution in [0.1, 0.15) is 17.3 Å². The average Bonchev–Trinajstić information content (AvgIpc) is 2.98. The Hall–Kier alpha value is -3.74. The van der Waals surface area contributed by atoms with E-state index in [1.807, 2.05) is 37.3 Å². The van der Waals surface area contributed by atoms with Crippen molar-refractivity contribution in [2.75, 3.05) is 4.90 Å². The lowest BCUT2D eigenvalue weighted by Crippen LogP contribution is -2.30. The molecule has 27 heavy (non-hydrogen) atoms. The molecule has 3 aromatic rings. The Labute approximate surface area is 155 Å². The van der Waals surface area contributed by atoms with Crippen LogP contribution in [0.4, 0.5) is 10.5 Å². The molecule has 134 valence electrons. The first-order chi connectivity index (χ1) is 13.1. The third kappa shape index (κ3) is 3.35. The molecule has 0 spiro atoms. The van der Waals surface area contributed by atoms with Crippen LogP contribution in [0.3, 0.4) is 0 Å². The first-order valence-corrected chi connectivity index (χ1v) is 8.39. The number of amides is 3. The number of anilines is 1. The lowest BCUT2D eigenvalue weighted by Gasteiger charge is -2.14. The van der Waals surface area contributed by atoms with Gasteiger partial charge in [0.1, 0.15) is 11.8 Å². The molecule has 2 aromatic carbocycles. The number of carbonyl (C=O) groups excluding carboxylic acids is 2. The molecule has 0 aliphatic carbocycles. The number of carbonyl (C=O) groups is 2. The average molecular weight is 360 g/mol. The molecule has 1 unspecified atom stereocenters. The number of urea groups is 1. The number of hydrogen-bond donors (Lipinski definition) is 1. The van der Waals surface area contributed by atoms with Gasteiger partial charge in [-0.2, -0.15) is 0 Å². The molecule has 1 fully saturated rings. The summed E-state index contributed by atoms with van der Waals surface area (Å²) >= 11 is 0. The van der Waals surface area contributed by atoms with Crippen LogP contribution in [0, 0.1) is 6.92 Å². The van der Waals surface area contributed by atoms with Crippen LogP contribution in [-0.2, 0) is 4.79 Å². The fourth-order valence-electron chi connectivity index (χ4n) is 2.84. The first kappa shape index (κ1) is 16.7.